The van der Waals surface area contributed by atoms with E-state index in [1.165, 1.54) is 22.6 Å². The molecule has 0 saturated carbocycles. The molecule has 158 valence electrons. The van der Waals surface area contributed by atoms with Crippen LogP contribution in [0.25, 0.3) is 0 Å². The van der Waals surface area contributed by atoms with E-state index in [4.69, 9.17) is 14.3 Å². The van der Waals surface area contributed by atoms with E-state index in [1.807, 2.05) is 6.07 Å². The summed E-state index contributed by atoms with van der Waals surface area (Å²) in [5, 5.41) is 17.0. The number of ether oxygens (including phenoxy) is 2. The number of methoxy groups -OCH3 is 2. The number of oxime groups is 1. The lowest BCUT2D eigenvalue weighted by Gasteiger charge is -2.09. The number of thiophene rings is 1. The molecule has 0 aliphatic heterocycles. The molecule has 30 heavy (non-hydrogen) atoms. The van der Waals surface area contributed by atoms with Crippen molar-refractivity contribution < 1.29 is 19.1 Å². The molecular weight excluding hydrogens is 402 g/mol. The number of amides is 1. The van der Waals surface area contributed by atoms with Gasteiger partial charge in [-0.1, -0.05) is 11.6 Å². The van der Waals surface area contributed by atoms with Crippen LogP contribution in [0.1, 0.15) is 47.8 Å². The quantitative estimate of drug-likeness (QED) is 0.404. The molecule has 1 aliphatic carbocycles. The van der Waals surface area contributed by atoms with Crippen molar-refractivity contribution in [2.24, 2.45) is 5.16 Å². The number of nitriles is 1. The number of aryl methyl sites for hydroxylation is 1. The minimum Gasteiger partial charge on any atom is -0.493 e. The summed E-state index contributed by atoms with van der Waals surface area (Å²) in [6.07, 6.45) is 5.25. The maximum Gasteiger partial charge on any atom is 0.265 e. The Bertz CT molecular complexity index is 991. The van der Waals surface area contributed by atoms with Crippen LogP contribution in [-0.4, -0.2) is 32.4 Å². The van der Waals surface area contributed by atoms with Gasteiger partial charge < -0.3 is 19.6 Å². The number of anilines is 1. The molecule has 1 amide bonds. The van der Waals surface area contributed by atoms with Gasteiger partial charge in [0, 0.05) is 10.4 Å². The summed E-state index contributed by atoms with van der Waals surface area (Å²) in [5.74, 6) is 0.868. The van der Waals surface area contributed by atoms with Gasteiger partial charge in [0.15, 0.2) is 18.1 Å². The van der Waals surface area contributed by atoms with Crippen LogP contribution in [0, 0.1) is 11.3 Å². The Morgan fingerprint density at radius 3 is 2.70 bits per heavy atom. The van der Waals surface area contributed by atoms with Crippen molar-refractivity contribution in [3.8, 4) is 17.6 Å². The van der Waals surface area contributed by atoms with Crippen LogP contribution in [0.5, 0.6) is 11.5 Å². The third kappa shape index (κ3) is 4.92. The standard InChI is InChI=1S/C22H25N3O4S/c1-14(15-9-10-18(27-2)19(11-15)28-3)25-29-13-21(26)24-22-17(12-23)16-7-5-4-6-8-20(16)30-22/h9-11H,4-8,13H2,1-3H3,(H,24,26)/b25-14-. The number of fused-ring (bicyclic) bond motifs is 1. The monoisotopic (exact) mass is 427 g/mol. The molecule has 7 nitrogen and oxygen atoms in total. The van der Waals surface area contributed by atoms with E-state index in [2.05, 4.69) is 16.5 Å². The van der Waals surface area contributed by atoms with E-state index >= 15 is 0 Å². The van der Waals surface area contributed by atoms with E-state index in [1.54, 1.807) is 33.3 Å². The summed E-state index contributed by atoms with van der Waals surface area (Å²) in [6.45, 7) is 1.54. The highest BCUT2D eigenvalue weighted by molar-refractivity contribution is 7.16. The highest BCUT2D eigenvalue weighted by Gasteiger charge is 2.21. The minimum atomic E-state index is -0.341. The molecule has 1 aliphatic rings. The van der Waals surface area contributed by atoms with Crippen LogP contribution in [0.4, 0.5) is 5.00 Å². The highest BCUT2D eigenvalue weighted by atomic mass is 32.1. The first kappa shape index (κ1) is 21.7. The van der Waals surface area contributed by atoms with E-state index in [9.17, 15) is 10.1 Å². The van der Waals surface area contributed by atoms with Crippen molar-refractivity contribution in [3.05, 3.63) is 39.8 Å². The minimum absolute atomic E-state index is 0.238. The third-order valence-electron chi connectivity index (χ3n) is 4.98. The fourth-order valence-electron chi connectivity index (χ4n) is 3.41. The van der Waals surface area contributed by atoms with Crippen LogP contribution < -0.4 is 14.8 Å². The Morgan fingerprint density at radius 1 is 1.20 bits per heavy atom. The molecule has 3 rings (SSSR count). The molecule has 0 unspecified atom stereocenters. The molecule has 0 atom stereocenters. The second-order valence-corrected chi connectivity index (χ2v) is 8.05. The van der Waals surface area contributed by atoms with Gasteiger partial charge in [-0.2, -0.15) is 5.26 Å². The van der Waals surface area contributed by atoms with E-state index < -0.39 is 0 Å². The predicted octanol–water partition coefficient (Wildman–Crippen LogP) is 4.29. The summed E-state index contributed by atoms with van der Waals surface area (Å²) in [6, 6.07) is 7.67. The lowest BCUT2D eigenvalue weighted by atomic mass is 10.1. The lowest BCUT2D eigenvalue weighted by Crippen LogP contribution is -2.17. The zero-order valence-corrected chi connectivity index (χ0v) is 18.2. The van der Waals surface area contributed by atoms with Gasteiger partial charge in [0.1, 0.15) is 11.1 Å². The van der Waals surface area contributed by atoms with Gasteiger partial charge in [0.05, 0.1) is 25.5 Å². The van der Waals surface area contributed by atoms with E-state index in [0.29, 0.717) is 27.8 Å². The number of benzene rings is 1. The molecule has 0 radical (unpaired) electrons. The number of carbonyl (C=O) groups excluding carboxylic acids is 1. The molecule has 0 saturated heterocycles. The highest BCUT2D eigenvalue weighted by Crippen LogP contribution is 2.37. The molecule has 1 aromatic heterocycles. The zero-order valence-electron chi connectivity index (χ0n) is 17.4. The normalized spacial score (nSPS) is 13.6. The average molecular weight is 428 g/mol. The first-order chi connectivity index (χ1) is 14.6. The SMILES string of the molecule is COc1ccc(/C(C)=N\OCC(=O)Nc2sc3c(c2C#N)CCCCC3)cc1OC. The molecule has 1 N–H and O–H groups in total. The smallest absolute Gasteiger partial charge is 0.265 e. The largest absolute Gasteiger partial charge is 0.493 e. The van der Waals surface area contributed by atoms with Gasteiger partial charge >= 0.3 is 0 Å². The summed E-state index contributed by atoms with van der Waals surface area (Å²) in [4.78, 5) is 18.8. The molecule has 0 spiro atoms. The Morgan fingerprint density at radius 2 is 1.97 bits per heavy atom. The zero-order chi connectivity index (χ0) is 21.5. The van der Waals surface area contributed by atoms with Crippen LogP contribution in [0.2, 0.25) is 0 Å². The number of carbonyl (C=O) groups is 1. The summed E-state index contributed by atoms with van der Waals surface area (Å²) >= 11 is 1.50. The molecule has 0 fully saturated rings. The Labute approximate surface area is 180 Å². The molecule has 1 aromatic carbocycles. The fourth-order valence-corrected chi connectivity index (χ4v) is 4.67. The summed E-state index contributed by atoms with van der Waals surface area (Å²) in [7, 11) is 3.14. The van der Waals surface area contributed by atoms with Crippen LogP contribution in [0.15, 0.2) is 23.4 Å². The molecular formula is C22H25N3O4S. The van der Waals surface area contributed by atoms with Crippen LogP contribution >= 0.6 is 11.3 Å². The Balaban J connectivity index is 1.62. The molecule has 8 heteroatoms. The maximum absolute atomic E-state index is 12.3. The fraction of sp³-hybridized carbons (Fsp3) is 0.409. The second-order valence-electron chi connectivity index (χ2n) is 6.95. The number of nitrogens with zero attached hydrogens (tertiary/aromatic N) is 2. The molecule has 1 heterocycles. The average Bonchev–Trinajstić information content (AvgIpc) is 2.91. The third-order valence-corrected chi connectivity index (χ3v) is 6.19. The van der Waals surface area contributed by atoms with Crippen molar-refractivity contribution in [1.29, 1.82) is 5.26 Å². The summed E-state index contributed by atoms with van der Waals surface area (Å²) < 4.78 is 10.5. The number of nitrogens with one attached hydrogen (secondary N) is 1. The summed E-state index contributed by atoms with van der Waals surface area (Å²) in [5.41, 5.74) is 3.08. The van der Waals surface area contributed by atoms with Gasteiger partial charge in [0.25, 0.3) is 5.91 Å². The first-order valence-corrected chi connectivity index (χ1v) is 10.6. The van der Waals surface area contributed by atoms with Crippen molar-refractivity contribution in [3.63, 3.8) is 0 Å². The Kier molecular flexibility index (Phi) is 7.31. The van der Waals surface area contributed by atoms with Gasteiger partial charge in [-0.05, 0) is 56.4 Å². The van der Waals surface area contributed by atoms with E-state index in [0.717, 1.165) is 36.8 Å². The number of hydrogen-bond donors (Lipinski definition) is 1. The maximum atomic E-state index is 12.3. The van der Waals surface area contributed by atoms with Crippen molar-refractivity contribution in [2.75, 3.05) is 26.1 Å². The second kappa shape index (κ2) is 10.1. The number of hydrogen-bond acceptors (Lipinski definition) is 7. The van der Waals surface area contributed by atoms with E-state index in [-0.39, 0.29) is 12.5 Å². The van der Waals surface area contributed by atoms with Gasteiger partial charge in [0.2, 0.25) is 0 Å². The first-order valence-electron chi connectivity index (χ1n) is 9.80. The van der Waals surface area contributed by atoms with Gasteiger partial charge in [-0.3, -0.25) is 4.79 Å². The van der Waals surface area contributed by atoms with Crippen molar-refractivity contribution in [1.82, 2.24) is 0 Å². The van der Waals surface area contributed by atoms with Gasteiger partial charge in [-0.15, -0.1) is 11.3 Å². The Hall–Kier alpha value is -3.05. The molecule has 2 aromatic rings. The van der Waals surface area contributed by atoms with Crippen molar-refractivity contribution in [2.45, 2.75) is 39.0 Å². The van der Waals surface area contributed by atoms with Crippen molar-refractivity contribution >= 4 is 28.0 Å². The van der Waals surface area contributed by atoms with Crippen LogP contribution in [-0.2, 0) is 22.5 Å². The lowest BCUT2D eigenvalue weighted by molar-refractivity contribution is -0.120. The predicted molar refractivity (Wildman–Crippen MR) is 117 cm³/mol. The van der Waals surface area contributed by atoms with Gasteiger partial charge in [-0.25, -0.2) is 0 Å². The topological polar surface area (TPSA) is 92.9 Å². The molecule has 0 bridgehead atoms. The van der Waals surface area contributed by atoms with Crippen LogP contribution in [0.3, 0.4) is 0 Å². The number of rotatable bonds is 7.